The summed E-state index contributed by atoms with van der Waals surface area (Å²) in [4.78, 5) is 11.5. The number of Topliss-reactive ketones (excluding diaryl/α,β-unsaturated/α-hetero) is 1. The molecule has 3 N–H and O–H groups in total. The van der Waals surface area contributed by atoms with Crippen LogP contribution in [-0.4, -0.2) is 23.0 Å². The SMILES string of the molecule is CC(C)CCC(=O)CC[C@H](O)[C@@H](N)CC(C)C. The van der Waals surface area contributed by atoms with E-state index in [0.29, 0.717) is 31.1 Å². The molecular formula is C14H29NO2. The van der Waals surface area contributed by atoms with Gasteiger partial charge in [0.25, 0.3) is 0 Å². The van der Waals surface area contributed by atoms with Gasteiger partial charge in [-0.3, -0.25) is 4.79 Å². The average molecular weight is 243 g/mol. The van der Waals surface area contributed by atoms with Crippen LogP contribution in [0.3, 0.4) is 0 Å². The third kappa shape index (κ3) is 9.31. The molecule has 0 fully saturated rings. The Kier molecular flexibility index (Phi) is 8.44. The molecule has 0 aliphatic carbocycles. The summed E-state index contributed by atoms with van der Waals surface area (Å²) in [6, 6.07) is -0.201. The molecule has 0 aliphatic heterocycles. The maximum atomic E-state index is 11.5. The third-order valence-electron chi connectivity index (χ3n) is 2.96. The van der Waals surface area contributed by atoms with E-state index in [4.69, 9.17) is 5.73 Å². The van der Waals surface area contributed by atoms with Gasteiger partial charge in [0.2, 0.25) is 0 Å². The number of ketones is 1. The molecule has 0 spiro atoms. The van der Waals surface area contributed by atoms with Crippen molar-refractivity contribution < 1.29 is 9.90 Å². The first kappa shape index (κ1) is 16.6. The first-order valence-corrected chi connectivity index (χ1v) is 6.78. The minimum absolute atomic E-state index is 0.201. The second-order valence-corrected chi connectivity index (χ2v) is 5.87. The number of rotatable bonds is 9. The van der Waals surface area contributed by atoms with Crippen molar-refractivity contribution >= 4 is 5.78 Å². The monoisotopic (exact) mass is 243 g/mol. The van der Waals surface area contributed by atoms with Crippen LogP contribution in [0.5, 0.6) is 0 Å². The van der Waals surface area contributed by atoms with Gasteiger partial charge >= 0.3 is 0 Å². The fourth-order valence-electron chi connectivity index (χ4n) is 1.80. The van der Waals surface area contributed by atoms with E-state index >= 15 is 0 Å². The fraction of sp³-hybridized carbons (Fsp3) is 0.929. The quantitative estimate of drug-likeness (QED) is 0.654. The van der Waals surface area contributed by atoms with Gasteiger partial charge in [0.15, 0.2) is 0 Å². The van der Waals surface area contributed by atoms with Crippen molar-refractivity contribution in [3.63, 3.8) is 0 Å². The molecule has 0 aliphatic rings. The van der Waals surface area contributed by atoms with Crippen LogP contribution < -0.4 is 5.73 Å². The predicted molar refractivity (Wildman–Crippen MR) is 71.8 cm³/mol. The van der Waals surface area contributed by atoms with Crippen LogP contribution in [0.25, 0.3) is 0 Å². The molecule has 0 aromatic heterocycles. The summed E-state index contributed by atoms with van der Waals surface area (Å²) in [5.74, 6) is 1.29. The zero-order valence-corrected chi connectivity index (χ0v) is 11.8. The minimum Gasteiger partial charge on any atom is -0.392 e. The highest BCUT2D eigenvalue weighted by atomic mass is 16.3. The average Bonchev–Trinajstić information content (AvgIpc) is 2.21. The van der Waals surface area contributed by atoms with E-state index < -0.39 is 6.10 Å². The molecule has 0 amide bonds. The smallest absolute Gasteiger partial charge is 0.133 e. The molecule has 102 valence electrons. The Balaban J connectivity index is 3.75. The first-order valence-electron chi connectivity index (χ1n) is 6.78. The van der Waals surface area contributed by atoms with Crippen LogP contribution in [0.1, 0.15) is 59.8 Å². The molecule has 0 bridgehead atoms. The molecule has 17 heavy (non-hydrogen) atoms. The van der Waals surface area contributed by atoms with E-state index in [1.54, 1.807) is 0 Å². The molecular weight excluding hydrogens is 214 g/mol. The normalized spacial score (nSPS) is 15.3. The summed E-state index contributed by atoms with van der Waals surface area (Å²) in [6.07, 6.45) is 2.79. The third-order valence-corrected chi connectivity index (χ3v) is 2.96. The van der Waals surface area contributed by atoms with Gasteiger partial charge in [-0.25, -0.2) is 0 Å². The number of hydrogen-bond donors (Lipinski definition) is 2. The minimum atomic E-state index is -0.541. The summed E-state index contributed by atoms with van der Waals surface area (Å²) in [5, 5.41) is 9.82. The van der Waals surface area contributed by atoms with Crippen LogP contribution >= 0.6 is 0 Å². The number of carbonyl (C=O) groups is 1. The van der Waals surface area contributed by atoms with Gasteiger partial charge in [0.1, 0.15) is 5.78 Å². The molecule has 0 aromatic carbocycles. The second kappa shape index (κ2) is 8.65. The zero-order valence-electron chi connectivity index (χ0n) is 11.8. The lowest BCUT2D eigenvalue weighted by molar-refractivity contribution is -0.119. The van der Waals surface area contributed by atoms with Gasteiger partial charge in [-0.1, -0.05) is 27.7 Å². The van der Waals surface area contributed by atoms with Gasteiger partial charge in [-0.2, -0.15) is 0 Å². The molecule has 0 heterocycles. The van der Waals surface area contributed by atoms with Gasteiger partial charge in [-0.15, -0.1) is 0 Å². The molecule has 2 atom stereocenters. The number of aliphatic hydroxyl groups is 1. The van der Waals surface area contributed by atoms with Gasteiger partial charge in [-0.05, 0) is 31.1 Å². The highest BCUT2D eigenvalue weighted by Crippen LogP contribution is 2.12. The number of hydrogen-bond acceptors (Lipinski definition) is 3. The molecule has 0 saturated heterocycles. The molecule has 0 rings (SSSR count). The Bertz CT molecular complexity index is 214. The first-order chi connectivity index (χ1) is 7.82. The topological polar surface area (TPSA) is 63.3 Å². The predicted octanol–water partition coefficient (Wildman–Crippen LogP) is 2.51. The Labute approximate surface area is 106 Å². The lowest BCUT2D eigenvalue weighted by atomic mass is 9.95. The summed E-state index contributed by atoms with van der Waals surface area (Å²) < 4.78 is 0. The van der Waals surface area contributed by atoms with Crippen LogP contribution in [0.15, 0.2) is 0 Å². The molecule has 0 radical (unpaired) electrons. The van der Waals surface area contributed by atoms with E-state index in [-0.39, 0.29) is 11.8 Å². The van der Waals surface area contributed by atoms with Crippen LogP contribution in [0.2, 0.25) is 0 Å². The summed E-state index contributed by atoms with van der Waals surface area (Å²) in [5.41, 5.74) is 5.87. The summed E-state index contributed by atoms with van der Waals surface area (Å²) >= 11 is 0. The van der Waals surface area contributed by atoms with Crippen molar-refractivity contribution in [1.82, 2.24) is 0 Å². The van der Waals surface area contributed by atoms with E-state index in [2.05, 4.69) is 27.7 Å². The zero-order chi connectivity index (χ0) is 13.4. The maximum Gasteiger partial charge on any atom is 0.133 e. The number of aliphatic hydroxyl groups excluding tert-OH is 1. The Hall–Kier alpha value is -0.410. The number of carbonyl (C=O) groups excluding carboxylic acids is 1. The Morgan fingerprint density at radius 2 is 1.59 bits per heavy atom. The largest absolute Gasteiger partial charge is 0.392 e. The molecule has 0 unspecified atom stereocenters. The maximum absolute atomic E-state index is 11.5. The lowest BCUT2D eigenvalue weighted by Gasteiger charge is -2.20. The van der Waals surface area contributed by atoms with Gasteiger partial charge < -0.3 is 10.8 Å². The Morgan fingerprint density at radius 1 is 1.06 bits per heavy atom. The van der Waals surface area contributed by atoms with E-state index in [1.807, 2.05) is 0 Å². The molecule has 3 heteroatoms. The van der Waals surface area contributed by atoms with Gasteiger partial charge in [0, 0.05) is 18.9 Å². The number of nitrogens with two attached hydrogens (primary N) is 1. The van der Waals surface area contributed by atoms with Crippen molar-refractivity contribution in [3.05, 3.63) is 0 Å². The summed E-state index contributed by atoms with van der Waals surface area (Å²) in [7, 11) is 0. The van der Waals surface area contributed by atoms with Crippen LogP contribution in [0, 0.1) is 11.8 Å². The Morgan fingerprint density at radius 3 is 2.06 bits per heavy atom. The molecule has 0 aromatic rings. The summed E-state index contributed by atoms with van der Waals surface area (Å²) in [6.45, 7) is 8.39. The van der Waals surface area contributed by atoms with Crippen molar-refractivity contribution in [1.29, 1.82) is 0 Å². The van der Waals surface area contributed by atoms with Crippen molar-refractivity contribution in [3.8, 4) is 0 Å². The molecule has 3 nitrogen and oxygen atoms in total. The molecule has 0 saturated carbocycles. The van der Waals surface area contributed by atoms with Crippen molar-refractivity contribution in [2.75, 3.05) is 0 Å². The van der Waals surface area contributed by atoms with Crippen molar-refractivity contribution in [2.24, 2.45) is 17.6 Å². The van der Waals surface area contributed by atoms with Crippen LogP contribution in [0.4, 0.5) is 0 Å². The lowest BCUT2D eigenvalue weighted by Crippen LogP contribution is -2.36. The standard InChI is InChI=1S/C14H29NO2/c1-10(2)5-6-12(16)7-8-14(17)13(15)9-11(3)4/h10-11,13-14,17H,5-9,15H2,1-4H3/t13-,14-/m0/s1. The van der Waals surface area contributed by atoms with E-state index in [0.717, 1.165) is 12.8 Å². The highest BCUT2D eigenvalue weighted by molar-refractivity contribution is 5.78. The highest BCUT2D eigenvalue weighted by Gasteiger charge is 2.17. The van der Waals surface area contributed by atoms with E-state index in [9.17, 15) is 9.90 Å². The fourth-order valence-corrected chi connectivity index (χ4v) is 1.80. The second-order valence-electron chi connectivity index (χ2n) is 5.87. The van der Waals surface area contributed by atoms with E-state index in [1.165, 1.54) is 0 Å². The van der Waals surface area contributed by atoms with Crippen molar-refractivity contribution in [2.45, 2.75) is 71.9 Å². The van der Waals surface area contributed by atoms with Crippen LogP contribution in [-0.2, 0) is 4.79 Å². The van der Waals surface area contributed by atoms with Gasteiger partial charge in [0.05, 0.1) is 6.10 Å².